The molecule has 1 saturated heterocycles. The van der Waals surface area contributed by atoms with Gasteiger partial charge in [-0.05, 0) is 50.5 Å². The van der Waals surface area contributed by atoms with Crippen LogP contribution in [0.1, 0.15) is 45.4 Å². The maximum absolute atomic E-state index is 12.5. The van der Waals surface area contributed by atoms with Crippen LogP contribution in [0, 0.1) is 5.92 Å². The zero-order valence-electron chi connectivity index (χ0n) is 14.1. The van der Waals surface area contributed by atoms with Crippen molar-refractivity contribution in [1.29, 1.82) is 0 Å². The summed E-state index contributed by atoms with van der Waals surface area (Å²) in [5.74, 6) is 0.0266. The first-order valence-corrected chi connectivity index (χ1v) is 8.47. The number of benzene rings is 1. The molecule has 2 atom stereocenters. The highest BCUT2D eigenvalue weighted by Crippen LogP contribution is 2.32. The Morgan fingerprint density at radius 1 is 1.25 bits per heavy atom. The van der Waals surface area contributed by atoms with E-state index in [1.54, 1.807) is 4.90 Å². The van der Waals surface area contributed by atoms with Crippen molar-refractivity contribution in [1.82, 2.24) is 0 Å². The van der Waals surface area contributed by atoms with Crippen molar-refractivity contribution >= 4 is 35.6 Å². The van der Waals surface area contributed by atoms with Crippen LogP contribution < -0.4 is 16.0 Å². The fourth-order valence-corrected chi connectivity index (χ4v) is 3.66. The first kappa shape index (κ1) is 18.7. The van der Waals surface area contributed by atoms with Gasteiger partial charge in [-0.25, -0.2) is 0 Å². The highest BCUT2D eigenvalue weighted by molar-refractivity contribution is 5.96. The molecule has 132 valence electrons. The van der Waals surface area contributed by atoms with E-state index in [1.165, 1.54) is 0 Å². The van der Waals surface area contributed by atoms with Gasteiger partial charge in [0.05, 0.1) is 5.92 Å². The molecule has 1 aliphatic heterocycles. The normalized spacial score (nSPS) is 26.8. The van der Waals surface area contributed by atoms with Gasteiger partial charge in [-0.1, -0.05) is 12.8 Å². The van der Waals surface area contributed by atoms with Crippen LogP contribution in [0.25, 0.3) is 0 Å². The zero-order valence-corrected chi connectivity index (χ0v) is 14.9. The number of amides is 2. The first-order chi connectivity index (χ1) is 11.0. The molecule has 2 aliphatic rings. The number of hydrogen-bond donors (Lipinski definition) is 2. The Morgan fingerprint density at radius 3 is 2.54 bits per heavy atom. The van der Waals surface area contributed by atoms with E-state index in [9.17, 15) is 9.59 Å². The van der Waals surface area contributed by atoms with Gasteiger partial charge in [0.15, 0.2) is 0 Å². The third kappa shape index (κ3) is 3.90. The van der Waals surface area contributed by atoms with E-state index in [0.29, 0.717) is 6.42 Å². The highest BCUT2D eigenvalue weighted by atomic mass is 35.5. The van der Waals surface area contributed by atoms with Crippen LogP contribution in [0.5, 0.6) is 0 Å². The maximum atomic E-state index is 12.5. The van der Waals surface area contributed by atoms with Crippen molar-refractivity contribution in [2.24, 2.45) is 11.7 Å². The summed E-state index contributed by atoms with van der Waals surface area (Å²) in [6.45, 7) is 2.75. The molecule has 24 heavy (non-hydrogen) atoms. The highest BCUT2D eigenvalue weighted by Gasteiger charge is 2.37. The van der Waals surface area contributed by atoms with E-state index in [-0.39, 0.29) is 30.1 Å². The number of nitrogens with two attached hydrogens (primary N) is 1. The van der Waals surface area contributed by atoms with Crippen LogP contribution in [0.4, 0.5) is 11.4 Å². The Labute approximate surface area is 149 Å². The van der Waals surface area contributed by atoms with Crippen molar-refractivity contribution in [2.45, 2.75) is 51.0 Å². The van der Waals surface area contributed by atoms with Gasteiger partial charge in [0.1, 0.15) is 0 Å². The van der Waals surface area contributed by atoms with Crippen LogP contribution in [0.2, 0.25) is 0 Å². The van der Waals surface area contributed by atoms with Crippen molar-refractivity contribution in [3.05, 3.63) is 24.3 Å². The lowest BCUT2D eigenvalue weighted by atomic mass is 9.74. The van der Waals surface area contributed by atoms with Crippen LogP contribution in [0.15, 0.2) is 24.3 Å². The Balaban J connectivity index is 0.00000208. The molecule has 1 aromatic rings. The van der Waals surface area contributed by atoms with Gasteiger partial charge in [-0.15, -0.1) is 12.4 Å². The van der Waals surface area contributed by atoms with E-state index in [0.717, 1.165) is 50.0 Å². The topological polar surface area (TPSA) is 75.4 Å². The summed E-state index contributed by atoms with van der Waals surface area (Å²) in [6.07, 6.45) is 5.42. The number of nitrogens with one attached hydrogen (secondary N) is 1. The summed E-state index contributed by atoms with van der Waals surface area (Å²) < 4.78 is 0. The smallest absolute Gasteiger partial charge is 0.229 e. The number of carbonyl (C=O) groups is 2. The summed E-state index contributed by atoms with van der Waals surface area (Å²) in [4.78, 5) is 26.1. The van der Waals surface area contributed by atoms with Crippen LogP contribution >= 0.6 is 12.4 Å². The molecule has 6 heteroatoms. The molecule has 3 rings (SSSR count). The molecule has 3 N–H and O–H groups in total. The predicted molar refractivity (Wildman–Crippen MR) is 98.5 cm³/mol. The number of anilines is 2. The molecule has 5 nitrogen and oxygen atoms in total. The first-order valence-electron chi connectivity index (χ1n) is 8.47. The van der Waals surface area contributed by atoms with Gasteiger partial charge in [-0.3, -0.25) is 9.59 Å². The fourth-order valence-electron chi connectivity index (χ4n) is 3.66. The quantitative estimate of drug-likeness (QED) is 0.878. The summed E-state index contributed by atoms with van der Waals surface area (Å²) >= 11 is 0. The second-order valence-corrected chi connectivity index (χ2v) is 6.99. The molecular weight excluding hydrogens is 326 g/mol. The minimum Gasteiger partial charge on any atom is -0.326 e. The Morgan fingerprint density at radius 2 is 1.96 bits per heavy atom. The zero-order chi connectivity index (χ0) is 16.4. The molecule has 0 spiro atoms. The summed E-state index contributed by atoms with van der Waals surface area (Å²) in [5, 5.41) is 2.97. The SMILES string of the molecule is CC1(N)CCCCC1C(=O)Nc1ccc(N2CCCC2=O)cc1.Cl. The van der Waals surface area contributed by atoms with Gasteiger partial charge >= 0.3 is 0 Å². The van der Waals surface area contributed by atoms with Gasteiger partial charge in [-0.2, -0.15) is 0 Å². The van der Waals surface area contributed by atoms with Crippen molar-refractivity contribution in [2.75, 3.05) is 16.8 Å². The molecule has 1 aromatic carbocycles. The molecule has 0 bridgehead atoms. The Bertz CT molecular complexity index is 601. The van der Waals surface area contributed by atoms with E-state index in [2.05, 4.69) is 5.32 Å². The molecule has 0 aromatic heterocycles. The summed E-state index contributed by atoms with van der Waals surface area (Å²) in [5.41, 5.74) is 7.52. The lowest BCUT2D eigenvalue weighted by molar-refractivity contribution is -0.122. The van der Waals surface area contributed by atoms with E-state index >= 15 is 0 Å². The maximum Gasteiger partial charge on any atom is 0.229 e. The summed E-state index contributed by atoms with van der Waals surface area (Å²) in [7, 11) is 0. The molecule has 2 fully saturated rings. The molecule has 2 amide bonds. The molecule has 0 radical (unpaired) electrons. The number of hydrogen-bond acceptors (Lipinski definition) is 3. The average Bonchev–Trinajstić information content (AvgIpc) is 2.93. The van der Waals surface area contributed by atoms with Crippen LogP contribution in [-0.4, -0.2) is 23.9 Å². The molecule has 1 saturated carbocycles. The third-order valence-electron chi connectivity index (χ3n) is 5.09. The van der Waals surface area contributed by atoms with Gasteiger partial charge in [0.2, 0.25) is 11.8 Å². The fraction of sp³-hybridized carbons (Fsp3) is 0.556. The minimum absolute atomic E-state index is 0. The number of halogens is 1. The van der Waals surface area contributed by atoms with Crippen molar-refractivity contribution in [3.8, 4) is 0 Å². The second-order valence-electron chi connectivity index (χ2n) is 6.99. The van der Waals surface area contributed by atoms with Crippen LogP contribution in [0.3, 0.4) is 0 Å². The lowest BCUT2D eigenvalue weighted by Gasteiger charge is -2.37. The molecule has 1 aliphatic carbocycles. The molecular formula is C18H26ClN3O2. The Hall–Kier alpha value is -1.59. The van der Waals surface area contributed by atoms with Crippen molar-refractivity contribution in [3.63, 3.8) is 0 Å². The number of carbonyl (C=O) groups excluding carboxylic acids is 2. The van der Waals surface area contributed by atoms with E-state index in [4.69, 9.17) is 5.73 Å². The van der Waals surface area contributed by atoms with Gasteiger partial charge in [0.25, 0.3) is 0 Å². The second kappa shape index (κ2) is 7.53. The largest absolute Gasteiger partial charge is 0.326 e. The average molecular weight is 352 g/mol. The lowest BCUT2D eigenvalue weighted by Crippen LogP contribution is -2.51. The minimum atomic E-state index is -0.426. The third-order valence-corrected chi connectivity index (χ3v) is 5.09. The standard InChI is InChI=1S/C18H25N3O2.ClH/c1-18(19)11-3-2-5-15(18)17(23)20-13-7-9-14(10-8-13)21-12-4-6-16(21)22;/h7-10,15H,2-6,11-12,19H2,1H3,(H,20,23);1H. The number of rotatable bonds is 3. The predicted octanol–water partition coefficient (Wildman–Crippen LogP) is 3.08. The summed E-state index contributed by atoms with van der Waals surface area (Å²) in [6, 6.07) is 7.49. The molecule has 2 unspecified atom stereocenters. The van der Waals surface area contributed by atoms with Crippen LogP contribution in [-0.2, 0) is 9.59 Å². The van der Waals surface area contributed by atoms with E-state index < -0.39 is 5.54 Å². The van der Waals surface area contributed by atoms with Crippen molar-refractivity contribution < 1.29 is 9.59 Å². The Kier molecular flexibility index (Phi) is 5.88. The monoisotopic (exact) mass is 351 g/mol. The van der Waals surface area contributed by atoms with Gasteiger partial charge < -0.3 is 16.0 Å². The number of nitrogens with zero attached hydrogens (tertiary/aromatic N) is 1. The molecule has 1 heterocycles. The van der Waals surface area contributed by atoms with E-state index in [1.807, 2.05) is 31.2 Å². The van der Waals surface area contributed by atoms with Gasteiger partial charge in [0, 0.05) is 29.9 Å².